The first-order valence-electron chi connectivity index (χ1n) is 9.94. The van der Waals surface area contributed by atoms with Gasteiger partial charge in [0.2, 0.25) is 0 Å². The van der Waals surface area contributed by atoms with Gasteiger partial charge in [0.15, 0.2) is 0 Å². The highest BCUT2D eigenvalue weighted by molar-refractivity contribution is 7.21. The molecule has 4 N–H and O–H groups in total. The van der Waals surface area contributed by atoms with Gasteiger partial charge in [-0.1, -0.05) is 36.8 Å². The Balaban J connectivity index is 1.84. The molecule has 0 radical (unpaired) electrons. The molecule has 8 heteroatoms. The second kappa shape index (κ2) is 7.94. The molecule has 1 aromatic carbocycles. The lowest BCUT2D eigenvalue weighted by Gasteiger charge is -2.33. The molecule has 7 nitrogen and oxygen atoms in total. The number of carbonyl (C=O) groups is 1. The van der Waals surface area contributed by atoms with Crippen LogP contribution in [0.2, 0.25) is 0 Å². The molecule has 1 aliphatic rings. The molecule has 0 aliphatic carbocycles. The number of piperazine rings is 1. The third-order valence-corrected chi connectivity index (χ3v) is 6.75. The van der Waals surface area contributed by atoms with E-state index in [1.165, 1.54) is 11.3 Å². The Kier molecular flexibility index (Phi) is 5.33. The Labute approximate surface area is 179 Å². The number of anilines is 2. The van der Waals surface area contributed by atoms with Crippen LogP contribution in [0.25, 0.3) is 21.3 Å². The highest BCUT2D eigenvalue weighted by atomic mass is 32.1. The van der Waals surface area contributed by atoms with Crippen molar-refractivity contribution in [2.45, 2.75) is 13.8 Å². The molecule has 1 aliphatic heterocycles. The van der Waals surface area contributed by atoms with Crippen LogP contribution in [-0.4, -0.2) is 53.4 Å². The number of pyridine rings is 1. The molecule has 4 rings (SSSR count). The minimum Gasteiger partial charge on any atom is -0.397 e. The quantitative estimate of drug-likeness (QED) is 0.673. The highest BCUT2D eigenvalue weighted by Crippen LogP contribution is 2.43. The van der Waals surface area contributed by atoms with Crippen molar-refractivity contribution < 1.29 is 4.79 Å². The maximum atomic E-state index is 13.2. The lowest BCUT2D eigenvalue weighted by atomic mass is 9.96. The predicted octanol–water partition coefficient (Wildman–Crippen LogP) is 3.09. The molecule has 1 fully saturated rings. The van der Waals surface area contributed by atoms with Crippen molar-refractivity contribution in [3.63, 3.8) is 0 Å². The Bertz CT molecular complexity index is 1150. The fraction of sp³-hybridized carbons (Fsp3) is 0.318. The normalized spacial score (nSPS) is 14.8. The van der Waals surface area contributed by atoms with Crippen molar-refractivity contribution >= 4 is 39.0 Å². The molecule has 3 aromatic rings. The smallest absolute Gasteiger partial charge is 0.266 e. The summed E-state index contributed by atoms with van der Waals surface area (Å²) in [6.45, 7) is 8.15. The van der Waals surface area contributed by atoms with Gasteiger partial charge in [0.25, 0.3) is 5.91 Å². The van der Waals surface area contributed by atoms with Gasteiger partial charge in [0, 0.05) is 37.1 Å². The zero-order chi connectivity index (χ0) is 21.4. The summed E-state index contributed by atoms with van der Waals surface area (Å²) in [7, 11) is 0. The number of benzene rings is 1. The number of aryl methyl sites for hydroxylation is 1. The first kappa shape index (κ1) is 20.1. The molecule has 154 valence electrons. The minimum atomic E-state index is -0.0850. The van der Waals surface area contributed by atoms with Gasteiger partial charge in [0.05, 0.1) is 5.69 Å². The molecular formula is C22H24N6OS. The molecule has 30 heavy (non-hydrogen) atoms. The van der Waals surface area contributed by atoms with Crippen LogP contribution in [0.1, 0.15) is 27.7 Å². The maximum Gasteiger partial charge on any atom is 0.266 e. The van der Waals surface area contributed by atoms with Gasteiger partial charge >= 0.3 is 0 Å². The number of hydrogen-bond acceptors (Lipinski definition) is 7. The van der Waals surface area contributed by atoms with Crippen LogP contribution < -0.4 is 11.5 Å². The second-order valence-electron chi connectivity index (χ2n) is 7.48. The zero-order valence-electron chi connectivity index (χ0n) is 17.1. The molecule has 1 amide bonds. The molecule has 2 aromatic heterocycles. The van der Waals surface area contributed by atoms with Crippen LogP contribution in [0.5, 0.6) is 0 Å². The largest absolute Gasteiger partial charge is 0.397 e. The summed E-state index contributed by atoms with van der Waals surface area (Å²) in [5.41, 5.74) is 15.8. The number of nitrogens with two attached hydrogens (primary N) is 2. The molecule has 1 saturated heterocycles. The van der Waals surface area contributed by atoms with Gasteiger partial charge in [0.1, 0.15) is 27.2 Å². The monoisotopic (exact) mass is 420 g/mol. The van der Waals surface area contributed by atoms with Crippen molar-refractivity contribution in [1.82, 2.24) is 14.8 Å². The first-order valence-corrected chi connectivity index (χ1v) is 10.8. The number of nitrogen functional groups attached to an aromatic ring is 2. The van der Waals surface area contributed by atoms with Gasteiger partial charge in [-0.25, -0.2) is 4.98 Å². The van der Waals surface area contributed by atoms with Crippen LogP contribution in [0.3, 0.4) is 0 Å². The maximum absolute atomic E-state index is 13.2. The van der Waals surface area contributed by atoms with Crippen LogP contribution in [-0.2, 0) is 0 Å². The number of nitriles is 1. The Hall–Kier alpha value is -3.15. The summed E-state index contributed by atoms with van der Waals surface area (Å²) in [5.74, 6) is 0.0653. The van der Waals surface area contributed by atoms with Gasteiger partial charge < -0.3 is 21.3 Å². The summed E-state index contributed by atoms with van der Waals surface area (Å²) in [4.78, 5) is 22.8. The van der Waals surface area contributed by atoms with E-state index in [-0.39, 0.29) is 17.3 Å². The molecular weight excluding hydrogens is 396 g/mol. The van der Waals surface area contributed by atoms with Gasteiger partial charge in [-0.2, -0.15) is 5.26 Å². The van der Waals surface area contributed by atoms with E-state index in [0.717, 1.165) is 30.8 Å². The van der Waals surface area contributed by atoms with Crippen LogP contribution in [0.4, 0.5) is 11.5 Å². The van der Waals surface area contributed by atoms with Crippen LogP contribution in [0.15, 0.2) is 24.3 Å². The lowest BCUT2D eigenvalue weighted by molar-refractivity contribution is 0.0649. The van der Waals surface area contributed by atoms with E-state index in [2.05, 4.69) is 22.9 Å². The summed E-state index contributed by atoms with van der Waals surface area (Å²) in [6.07, 6.45) is 0. The molecule has 0 atom stereocenters. The highest BCUT2D eigenvalue weighted by Gasteiger charge is 2.28. The third kappa shape index (κ3) is 3.36. The zero-order valence-corrected chi connectivity index (χ0v) is 17.9. The lowest BCUT2D eigenvalue weighted by Crippen LogP contribution is -2.48. The van der Waals surface area contributed by atoms with E-state index in [4.69, 9.17) is 11.5 Å². The number of nitrogens with zero attached hydrogens (tertiary/aromatic N) is 4. The average molecular weight is 421 g/mol. The number of likely N-dealkylation sites (N-methyl/N-ethyl adjacent to an activating group) is 1. The fourth-order valence-electron chi connectivity index (χ4n) is 3.86. The van der Waals surface area contributed by atoms with E-state index in [9.17, 15) is 10.1 Å². The Morgan fingerprint density at radius 1 is 1.20 bits per heavy atom. The number of carbonyl (C=O) groups excluding carboxylic acids is 1. The number of rotatable bonds is 3. The molecule has 0 saturated carbocycles. The summed E-state index contributed by atoms with van der Waals surface area (Å²) in [5, 5.41) is 10.4. The third-order valence-electron chi connectivity index (χ3n) is 5.66. The number of fused-ring (bicyclic) bond motifs is 1. The van der Waals surface area contributed by atoms with Crippen molar-refractivity contribution in [2.24, 2.45) is 0 Å². The number of aromatic nitrogens is 1. The second-order valence-corrected chi connectivity index (χ2v) is 8.48. The minimum absolute atomic E-state index is 0.0850. The van der Waals surface area contributed by atoms with Gasteiger partial charge in [-0.3, -0.25) is 4.79 Å². The Morgan fingerprint density at radius 2 is 1.87 bits per heavy atom. The van der Waals surface area contributed by atoms with Crippen molar-refractivity contribution in [1.29, 1.82) is 5.26 Å². The topological polar surface area (TPSA) is 112 Å². The summed E-state index contributed by atoms with van der Waals surface area (Å²) in [6, 6.07) is 9.99. The molecule has 0 spiro atoms. The van der Waals surface area contributed by atoms with Crippen molar-refractivity contribution in [3.8, 4) is 17.2 Å². The van der Waals surface area contributed by atoms with E-state index in [1.54, 1.807) is 0 Å². The SMILES string of the molecule is CCN1CCN(C(=O)c2sc3nc(N)c(C#N)c(-c4ccc(C)cc4)c3c2N)CC1. The van der Waals surface area contributed by atoms with E-state index >= 15 is 0 Å². The molecule has 0 bridgehead atoms. The average Bonchev–Trinajstić information content (AvgIpc) is 3.08. The van der Waals surface area contributed by atoms with E-state index < -0.39 is 0 Å². The fourth-order valence-corrected chi connectivity index (χ4v) is 4.94. The number of hydrogen-bond donors (Lipinski definition) is 2. The van der Waals surface area contributed by atoms with Gasteiger partial charge in [-0.15, -0.1) is 11.3 Å². The standard InChI is InChI=1S/C22H24N6OS/c1-3-27-8-10-28(11-9-27)22(29)19-18(24)17-16(14-6-4-13(2)5-7-14)15(12-23)20(25)26-21(17)30-19/h4-7H,3,8-11,24H2,1-2H3,(H2,25,26). The van der Waals surface area contributed by atoms with Crippen LogP contribution in [0, 0.1) is 18.3 Å². The van der Waals surface area contributed by atoms with E-state index in [0.29, 0.717) is 39.4 Å². The first-order chi connectivity index (χ1) is 14.4. The number of thiophene rings is 1. The Morgan fingerprint density at radius 3 is 2.47 bits per heavy atom. The molecule has 0 unspecified atom stereocenters. The van der Waals surface area contributed by atoms with Crippen molar-refractivity contribution in [3.05, 3.63) is 40.3 Å². The van der Waals surface area contributed by atoms with Crippen LogP contribution >= 0.6 is 11.3 Å². The number of amides is 1. The molecule has 3 heterocycles. The summed E-state index contributed by atoms with van der Waals surface area (Å²) >= 11 is 1.25. The predicted molar refractivity (Wildman–Crippen MR) is 121 cm³/mol. The van der Waals surface area contributed by atoms with Gasteiger partial charge in [-0.05, 0) is 19.0 Å². The van der Waals surface area contributed by atoms with E-state index in [1.807, 2.05) is 36.1 Å². The van der Waals surface area contributed by atoms with Crippen molar-refractivity contribution in [2.75, 3.05) is 44.2 Å². The summed E-state index contributed by atoms with van der Waals surface area (Å²) < 4.78 is 0.